The summed E-state index contributed by atoms with van der Waals surface area (Å²) in [6, 6.07) is 0. The lowest BCUT2D eigenvalue weighted by molar-refractivity contribution is -0.127. The third-order valence-electron chi connectivity index (χ3n) is 0.975. The standard InChI is InChI=1S/C4H8N2O2/c5-3(7)4-6-1-2-8-4/h4,6H,1-2H2,(H2,5,7). The zero-order valence-electron chi connectivity index (χ0n) is 4.39. The van der Waals surface area contributed by atoms with Crippen LogP contribution in [0.25, 0.3) is 0 Å². The lowest BCUT2D eigenvalue weighted by Gasteiger charge is -2.01. The molecule has 1 aliphatic heterocycles. The number of nitrogens with one attached hydrogen (secondary N) is 1. The van der Waals surface area contributed by atoms with Gasteiger partial charge in [-0.2, -0.15) is 0 Å². The van der Waals surface area contributed by atoms with E-state index >= 15 is 0 Å². The summed E-state index contributed by atoms with van der Waals surface area (Å²) in [6.07, 6.45) is -0.546. The van der Waals surface area contributed by atoms with E-state index < -0.39 is 12.1 Å². The van der Waals surface area contributed by atoms with Gasteiger partial charge in [0.05, 0.1) is 6.61 Å². The minimum absolute atomic E-state index is 0.442. The summed E-state index contributed by atoms with van der Waals surface area (Å²) < 4.78 is 4.83. The molecule has 1 atom stereocenters. The van der Waals surface area contributed by atoms with Crippen LogP contribution in [0.5, 0.6) is 0 Å². The van der Waals surface area contributed by atoms with Crippen molar-refractivity contribution in [2.75, 3.05) is 13.2 Å². The number of nitrogens with two attached hydrogens (primary N) is 1. The van der Waals surface area contributed by atoms with Crippen LogP contribution in [0.1, 0.15) is 0 Å². The molecular formula is C4H8N2O2. The largest absolute Gasteiger partial charge is 0.366 e. The summed E-state index contributed by atoms with van der Waals surface area (Å²) in [6.45, 7) is 1.29. The predicted molar refractivity (Wildman–Crippen MR) is 26.9 cm³/mol. The molecule has 4 heteroatoms. The van der Waals surface area contributed by atoms with Crippen molar-refractivity contribution in [3.05, 3.63) is 0 Å². The number of hydrogen-bond donors (Lipinski definition) is 2. The van der Waals surface area contributed by atoms with Gasteiger partial charge in [0.2, 0.25) is 0 Å². The maximum atomic E-state index is 10.2. The van der Waals surface area contributed by atoms with Crippen molar-refractivity contribution in [2.24, 2.45) is 5.73 Å². The number of hydrogen-bond acceptors (Lipinski definition) is 3. The molecule has 1 unspecified atom stereocenters. The highest BCUT2D eigenvalue weighted by Crippen LogP contribution is 1.91. The molecule has 0 spiro atoms. The predicted octanol–water partition coefficient (Wildman–Crippen LogP) is -1.58. The smallest absolute Gasteiger partial charge is 0.261 e. The first kappa shape index (κ1) is 5.53. The highest BCUT2D eigenvalue weighted by atomic mass is 16.5. The van der Waals surface area contributed by atoms with Gasteiger partial charge in [0, 0.05) is 6.54 Å². The Morgan fingerprint density at radius 2 is 2.62 bits per heavy atom. The SMILES string of the molecule is NC(=O)C1NCCO1. The van der Waals surface area contributed by atoms with Gasteiger partial charge in [0.25, 0.3) is 5.91 Å². The van der Waals surface area contributed by atoms with Crippen molar-refractivity contribution < 1.29 is 9.53 Å². The van der Waals surface area contributed by atoms with E-state index in [1.165, 1.54) is 0 Å². The van der Waals surface area contributed by atoms with Crippen LogP contribution >= 0.6 is 0 Å². The molecule has 1 heterocycles. The van der Waals surface area contributed by atoms with Crippen molar-refractivity contribution in [1.82, 2.24) is 5.32 Å². The highest BCUT2D eigenvalue weighted by Gasteiger charge is 2.18. The van der Waals surface area contributed by atoms with E-state index in [4.69, 9.17) is 10.5 Å². The zero-order valence-corrected chi connectivity index (χ0v) is 4.39. The Hall–Kier alpha value is -0.610. The van der Waals surface area contributed by atoms with Crippen molar-refractivity contribution in [2.45, 2.75) is 6.23 Å². The van der Waals surface area contributed by atoms with Gasteiger partial charge in [0.15, 0.2) is 6.23 Å². The summed E-state index contributed by atoms with van der Waals surface area (Å²) in [5.41, 5.74) is 4.87. The first-order chi connectivity index (χ1) is 3.80. The van der Waals surface area contributed by atoms with Crippen LogP contribution in [-0.2, 0) is 9.53 Å². The summed E-state index contributed by atoms with van der Waals surface area (Å²) in [5, 5.41) is 2.76. The van der Waals surface area contributed by atoms with Crippen molar-refractivity contribution >= 4 is 5.91 Å². The third kappa shape index (κ3) is 0.962. The second kappa shape index (κ2) is 2.11. The molecule has 4 nitrogen and oxygen atoms in total. The fourth-order valence-electron chi connectivity index (χ4n) is 0.608. The molecule has 0 bridgehead atoms. The summed E-state index contributed by atoms with van der Waals surface area (Å²) in [4.78, 5) is 10.2. The Labute approximate surface area is 47.0 Å². The molecule has 46 valence electrons. The molecule has 0 aromatic carbocycles. The van der Waals surface area contributed by atoms with E-state index in [1.807, 2.05) is 0 Å². The quantitative estimate of drug-likeness (QED) is 0.434. The maximum absolute atomic E-state index is 10.2. The Kier molecular flexibility index (Phi) is 1.45. The summed E-state index contributed by atoms with van der Waals surface area (Å²) in [5.74, 6) is -0.442. The second-order valence-electron chi connectivity index (χ2n) is 1.61. The molecule has 1 amide bonds. The van der Waals surface area contributed by atoms with Crippen LogP contribution in [0.3, 0.4) is 0 Å². The van der Waals surface area contributed by atoms with Crippen molar-refractivity contribution in [3.63, 3.8) is 0 Å². The third-order valence-corrected chi connectivity index (χ3v) is 0.975. The average molecular weight is 116 g/mol. The minimum atomic E-state index is -0.546. The fraction of sp³-hybridized carbons (Fsp3) is 0.750. The molecule has 0 aromatic heterocycles. The molecule has 8 heavy (non-hydrogen) atoms. The van der Waals surface area contributed by atoms with Gasteiger partial charge in [-0.05, 0) is 0 Å². The lowest BCUT2D eigenvalue weighted by atomic mass is 10.5. The van der Waals surface area contributed by atoms with E-state index in [2.05, 4.69) is 5.32 Å². The maximum Gasteiger partial charge on any atom is 0.261 e. The lowest BCUT2D eigenvalue weighted by Crippen LogP contribution is -2.37. The number of primary amides is 1. The van der Waals surface area contributed by atoms with Gasteiger partial charge in [-0.3, -0.25) is 10.1 Å². The monoisotopic (exact) mass is 116 g/mol. The van der Waals surface area contributed by atoms with Crippen LogP contribution in [0, 0.1) is 0 Å². The average Bonchev–Trinajstić information content (AvgIpc) is 2.12. The van der Waals surface area contributed by atoms with Gasteiger partial charge in [-0.1, -0.05) is 0 Å². The van der Waals surface area contributed by atoms with Crippen LogP contribution < -0.4 is 11.1 Å². The van der Waals surface area contributed by atoms with Crippen LogP contribution in [0.15, 0.2) is 0 Å². The van der Waals surface area contributed by atoms with Crippen molar-refractivity contribution in [1.29, 1.82) is 0 Å². The topological polar surface area (TPSA) is 64.4 Å². The van der Waals surface area contributed by atoms with E-state index in [0.29, 0.717) is 13.2 Å². The van der Waals surface area contributed by atoms with Crippen molar-refractivity contribution in [3.8, 4) is 0 Å². The molecule has 1 rings (SSSR count). The normalized spacial score (nSPS) is 28.2. The second-order valence-corrected chi connectivity index (χ2v) is 1.61. The van der Waals surface area contributed by atoms with Crippen LogP contribution in [-0.4, -0.2) is 25.3 Å². The first-order valence-electron chi connectivity index (χ1n) is 2.45. The number of amides is 1. The van der Waals surface area contributed by atoms with Gasteiger partial charge in [0.1, 0.15) is 0 Å². The minimum Gasteiger partial charge on any atom is -0.366 e. The van der Waals surface area contributed by atoms with Gasteiger partial charge >= 0.3 is 0 Å². The Balaban J connectivity index is 2.35. The molecule has 1 fully saturated rings. The molecule has 1 aliphatic rings. The van der Waals surface area contributed by atoms with Gasteiger partial charge in [-0.15, -0.1) is 0 Å². The molecule has 0 aromatic rings. The number of ether oxygens (including phenoxy) is 1. The molecular weight excluding hydrogens is 108 g/mol. The fourth-order valence-corrected chi connectivity index (χ4v) is 0.608. The number of carbonyl (C=O) groups is 1. The van der Waals surface area contributed by atoms with E-state index in [9.17, 15) is 4.79 Å². The first-order valence-corrected chi connectivity index (χ1v) is 2.45. The summed E-state index contributed by atoms with van der Waals surface area (Å²) >= 11 is 0. The Morgan fingerprint density at radius 3 is 2.88 bits per heavy atom. The Bertz CT molecular complexity index is 98.2. The Morgan fingerprint density at radius 1 is 1.88 bits per heavy atom. The zero-order chi connectivity index (χ0) is 5.98. The van der Waals surface area contributed by atoms with E-state index in [-0.39, 0.29) is 0 Å². The molecule has 0 aliphatic carbocycles. The summed E-state index contributed by atoms with van der Waals surface area (Å²) in [7, 11) is 0. The molecule has 0 saturated carbocycles. The highest BCUT2D eigenvalue weighted by molar-refractivity contribution is 5.78. The molecule has 1 saturated heterocycles. The van der Waals surface area contributed by atoms with E-state index in [1.54, 1.807) is 0 Å². The van der Waals surface area contributed by atoms with Crippen LogP contribution in [0.2, 0.25) is 0 Å². The van der Waals surface area contributed by atoms with Crippen LogP contribution in [0.4, 0.5) is 0 Å². The molecule has 0 radical (unpaired) electrons. The number of rotatable bonds is 1. The van der Waals surface area contributed by atoms with E-state index in [0.717, 1.165) is 0 Å². The van der Waals surface area contributed by atoms with Gasteiger partial charge < -0.3 is 10.5 Å². The van der Waals surface area contributed by atoms with Gasteiger partial charge in [-0.25, -0.2) is 0 Å². The molecule has 3 N–H and O–H groups in total. The number of carbonyl (C=O) groups excluding carboxylic acids is 1.